The average molecular weight is 342 g/mol. The molecular formula is C14H13Cl2N3OS. The first-order chi connectivity index (χ1) is 10.2. The zero-order chi connectivity index (χ0) is 14.8. The Labute approximate surface area is 136 Å². The van der Waals surface area contributed by atoms with Crippen molar-refractivity contribution in [3.63, 3.8) is 0 Å². The van der Waals surface area contributed by atoms with Crippen molar-refractivity contribution in [2.24, 2.45) is 5.73 Å². The van der Waals surface area contributed by atoms with Gasteiger partial charge in [-0.1, -0.05) is 23.2 Å². The molecule has 0 atom stereocenters. The van der Waals surface area contributed by atoms with Crippen LogP contribution in [0.25, 0.3) is 4.96 Å². The van der Waals surface area contributed by atoms with Gasteiger partial charge in [0.05, 0.1) is 10.7 Å². The maximum atomic E-state index is 6.22. The van der Waals surface area contributed by atoms with Gasteiger partial charge in [-0.15, -0.1) is 11.3 Å². The number of imidazole rings is 1. The van der Waals surface area contributed by atoms with Gasteiger partial charge in [0.1, 0.15) is 12.4 Å². The van der Waals surface area contributed by atoms with Gasteiger partial charge in [-0.05, 0) is 30.7 Å². The van der Waals surface area contributed by atoms with Gasteiger partial charge in [0.25, 0.3) is 0 Å². The quantitative estimate of drug-likeness (QED) is 0.768. The number of thiazole rings is 1. The van der Waals surface area contributed by atoms with E-state index in [-0.39, 0.29) is 0 Å². The van der Waals surface area contributed by atoms with Gasteiger partial charge in [0.15, 0.2) is 4.96 Å². The van der Waals surface area contributed by atoms with Crippen LogP contribution in [-0.4, -0.2) is 15.9 Å². The van der Waals surface area contributed by atoms with E-state index in [0.717, 1.165) is 16.2 Å². The molecule has 1 aromatic carbocycles. The van der Waals surface area contributed by atoms with Crippen LogP contribution in [0.4, 0.5) is 0 Å². The van der Waals surface area contributed by atoms with Crippen molar-refractivity contribution in [1.82, 2.24) is 9.38 Å². The fourth-order valence-electron chi connectivity index (χ4n) is 2.11. The molecule has 21 heavy (non-hydrogen) atoms. The highest BCUT2D eigenvalue weighted by Gasteiger charge is 2.12. The molecule has 0 bridgehead atoms. The lowest BCUT2D eigenvalue weighted by atomic mass is 10.1. The summed E-state index contributed by atoms with van der Waals surface area (Å²) in [4.78, 5) is 5.42. The van der Waals surface area contributed by atoms with E-state index >= 15 is 0 Å². The highest BCUT2D eigenvalue weighted by atomic mass is 35.5. The molecule has 0 aliphatic heterocycles. The molecule has 0 spiro atoms. The number of halogens is 2. The minimum Gasteiger partial charge on any atom is -0.485 e. The number of hydrogen-bond donors (Lipinski definition) is 1. The standard InChI is InChI=1S/C14H13Cl2N3OS/c15-10-5-9(1-2-17)13(12(16)6-10)20-8-11-7-19-3-4-21-14(19)18-11/h3-7H,1-2,8,17H2. The Morgan fingerprint density at radius 2 is 2.19 bits per heavy atom. The third-order valence-electron chi connectivity index (χ3n) is 3.01. The number of ether oxygens (including phenoxy) is 1. The van der Waals surface area contributed by atoms with Crippen LogP contribution in [-0.2, 0) is 13.0 Å². The average Bonchev–Trinajstić information content (AvgIpc) is 2.98. The Balaban J connectivity index is 1.82. The fraction of sp³-hybridized carbons (Fsp3) is 0.214. The summed E-state index contributed by atoms with van der Waals surface area (Å²) in [5.74, 6) is 0.628. The highest BCUT2D eigenvalue weighted by Crippen LogP contribution is 2.33. The number of nitrogens with zero attached hydrogens (tertiary/aromatic N) is 2. The van der Waals surface area contributed by atoms with Crippen LogP contribution in [0.5, 0.6) is 5.75 Å². The van der Waals surface area contributed by atoms with Gasteiger partial charge in [0.2, 0.25) is 0 Å². The molecule has 110 valence electrons. The summed E-state index contributed by atoms with van der Waals surface area (Å²) in [5, 5.41) is 3.06. The normalized spacial score (nSPS) is 11.2. The topological polar surface area (TPSA) is 52.5 Å². The predicted molar refractivity (Wildman–Crippen MR) is 86.6 cm³/mol. The molecule has 0 saturated carbocycles. The van der Waals surface area contributed by atoms with Gasteiger partial charge in [-0.3, -0.25) is 4.40 Å². The predicted octanol–water partition coefficient (Wildman–Crippen LogP) is 3.78. The van der Waals surface area contributed by atoms with Crippen molar-refractivity contribution in [3.05, 3.63) is 51.2 Å². The molecule has 2 N–H and O–H groups in total. The molecule has 0 amide bonds. The molecule has 2 aromatic heterocycles. The summed E-state index contributed by atoms with van der Waals surface area (Å²) in [6.45, 7) is 0.862. The summed E-state index contributed by atoms with van der Waals surface area (Å²) in [7, 11) is 0. The molecule has 7 heteroatoms. The Morgan fingerprint density at radius 3 is 2.95 bits per heavy atom. The van der Waals surface area contributed by atoms with E-state index in [4.69, 9.17) is 33.7 Å². The molecule has 0 aliphatic rings. The number of aromatic nitrogens is 2. The maximum absolute atomic E-state index is 6.22. The highest BCUT2D eigenvalue weighted by molar-refractivity contribution is 7.15. The Hall–Kier alpha value is -1.27. The van der Waals surface area contributed by atoms with E-state index in [1.165, 1.54) is 0 Å². The van der Waals surface area contributed by atoms with E-state index in [1.807, 2.05) is 28.2 Å². The van der Waals surface area contributed by atoms with E-state index < -0.39 is 0 Å². The van der Waals surface area contributed by atoms with Crippen molar-refractivity contribution in [2.45, 2.75) is 13.0 Å². The zero-order valence-corrected chi connectivity index (χ0v) is 13.4. The molecule has 3 rings (SSSR count). The smallest absolute Gasteiger partial charge is 0.193 e. The van der Waals surface area contributed by atoms with Crippen LogP contribution >= 0.6 is 34.5 Å². The zero-order valence-electron chi connectivity index (χ0n) is 11.1. The lowest BCUT2D eigenvalue weighted by molar-refractivity contribution is 0.299. The van der Waals surface area contributed by atoms with E-state index in [1.54, 1.807) is 17.4 Å². The van der Waals surface area contributed by atoms with Crippen LogP contribution in [0.15, 0.2) is 29.9 Å². The maximum Gasteiger partial charge on any atom is 0.193 e. The largest absolute Gasteiger partial charge is 0.485 e. The van der Waals surface area contributed by atoms with Gasteiger partial charge in [-0.2, -0.15) is 0 Å². The van der Waals surface area contributed by atoms with Crippen molar-refractivity contribution in [2.75, 3.05) is 6.54 Å². The van der Waals surface area contributed by atoms with E-state index in [0.29, 0.717) is 35.4 Å². The molecule has 3 aromatic rings. The lowest BCUT2D eigenvalue weighted by Gasteiger charge is -2.12. The molecule has 4 nitrogen and oxygen atoms in total. The lowest BCUT2D eigenvalue weighted by Crippen LogP contribution is -2.06. The first-order valence-electron chi connectivity index (χ1n) is 6.39. The van der Waals surface area contributed by atoms with Crippen LogP contribution in [0.2, 0.25) is 10.0 Å². The minimum atomic E-state index is 0.354. The fourth-order valence-corrected chi connectivity index (χ4v) is 3.42. The van der Waals surface area contributed by atoms with Crippen LogP contribution in [0.3, 0.4) is 0 Å². The minimum absolute atomic E-state index is 0.354. The van der Waals surface area contributed by atoms with Gasteiger partial charge < -0.3 is 10.5 Å². The van der Waals surface area contributed by atoms with E-state index in [2.05, 4.69) is 4.98 Å². The Morgan fingerprint density at radius 1 is 1.33 bits per heavy atom. The summed E-state index contributed by atoms with van der Waals surface area (Å²) in [5.41, 5.74) is 7.38. The number of hydrogen-bond acceptors (Lipinski definition) is 4. The van der Waals surface area contributed by atoms with Gasteiger partial charge in [-0.25, -0.2) is 4.98 Å². The molecular weight excluding hydrogens is 329 g/mol. The Bertz CT molecular complexity index is 740. The second-order valence-electron chi connectivity index (χ2n) is 4.53. The van der Waals surface area contributed by atoms with Crippen LogP contribution in [0.1, 0.15) is 11.3 Å². The summed E-state index contributed by atoms with van der Waals surface area (Å²) >= 11 is 13.8. The number of nitrogens with two attached hydrogens (primary N) is 1. The number of benzene rings is 1. The first-order valence-corrected chi connectivity index (χ1v) is 8.03. The third-order valence-corrected chi connectivity index (χ3v) is 4.28. The molecule has 0 saturated heterocycles. The second-order valence-corrected chi connectivity index (χ2v) is 6.24. The van der Waals surface area contributed by atoms with Gasteiger partial charge in [0, 0.05) is 22.8 Å². The number of rotatable bonds is 5. The molecule has 2 heterocycles. The number of fused-ring (bicyclic) bond motifs is 1. The van der Waals surface area contributed by atoms with Crippen molar-refractivity contribution in [1.29, 1.82) is 0 Å². The SMILES string of the molecule is NCCc1cc(Cl)cc(Cl)c1OCc1cn2ccsc2n1. The monoisotopic (exact) mass is 341 g/mol. The van der Waals surface area contributed by atoms with Crippen molar-refractivity contribution in [3.8, 4) is 5.75 Å². The van der Waals surface area contributed by atoms with E-state index in [9.17, 15) is 0 Å². The van der Waals surface area contributed by atoms with Crippen molar-refractivity contribution < 1.29 is 4.74 Å². The summed E-state index contributed by atoms with van der Waals surface area (Å²) < 4.78 is 7.81. The summed E-state index contributed by atoms with van der Waals surface area (Å²) in [6, 6.07) is 3.51. The van der Waals surface area contributed by atoms with Crippen molar-refractivity contribution >= 4 is 39.5 Å². The van der Waals surface area contributed by atoms with Crippen LogP contribution in [0, 0.1) is 0 Å². The second kappa shape index (κ2) is 6.23. The first kappa shape index (κ1) is 14.7. The molecule has 0 radical (unpaired) electrons. The summed E-state index contributed by atoms with van der Waals surface area (Å²) in [6.07, 6.45) is 4.57. The molecule has 0 fully saturated rings. The molecule has 0 unspecified atom stereocenters. The van der Waals surface area contributed by atoms with Gasteiger partial charge >= 0.3 is 0 Å². The Kier molecular flexibility index (Phi) is 4.35. The third kappa shape index (κ3) is 3.16. The molecule has 0 aliphatic carbocycles. The van der Waals surface area contributed by atoms with Crippen LogP contribution < -0.4 is 10.5 Å².